The summed E-state index contributed by atoms with van der Waals surface area (Å²) in [5, 5.41) is 2.80. The highest BCUT2D eigenvalue weighted by molar-refractivity contribution is 6.04. The van der Waals surface area contributed by atoms with E-state index in [1.807, 2.05) is 6.07 Å². The van der Waals surface area contributed by atoms with Crippen molar-refractivity contribution >= 4 is 17.7 Å². The predicted octanol–water partition coefficient (Wildman–Crippen LogP) is 1.30. The summed E-state index contributed by atoms with van der Waals surface area (Å²) in [7, 11) is 0. The van der Waals surface area contributed by atoms with Gasteiger partial charge in [-0.25, -0.2) is 0 Å². The molecule has 1 saturated heterocycles. The first-order chi connectivity index (χ1) is 13.4. The van der Waals surface area contributed by atoms with Gasteiger partial charge in [-0.2, -0.15) is 0 Å². The van der Waals surface area contributed by atoms with Crippen molar-refractivity contribution in [3.05, 3.63) is 54.2 Å². The van der Waals surface area contributed by atoms with Crippen LogP contribution in [0.5, 0.6) is 0 Å². The molecule has 2 aromatic rings. The number of hydrogen-bond acceptors (Lipinski definition) is 5. The smallest absolute Gasteiger partial charge is 0.289 e. The maximum atomic E-state index is 12.9. The molecule has 0 atom stereocenters. The topological polar surface area (TPSA) is 95.8 Å². The van der Waals surface area contributed by atoms with Crippen LogP contribution in [0.2, 0.25) is 0 Å². The number of aromatic nitrogens is 1. The number of nitrogens with zero attached hydrogens (tertiary/aromatic N) is 3. The third-order valence-electron chi connectivity index (χ3n) is 4.86. The number of piperazine rings is 1. The Hall–Kier alpha value is -3.16. The quantitative estimate of drug-likeness (QED) is 0.784. The van der Waals surface area contributed by atoms with Crippen molar-refractivity contribution in [3.63, 3.8) is 0 Å². The van der Waals surface area contributed by atoms with Crippen molar-refractivity contribution in [2.75, 3.05) is 26.2 Å². The summed E-state index contributed by atoms with van der Waals surface area (Å²) in [6, 6.07) is 6.94. The molecule has 1 aliphatic rings. The third kappa shape index (κ3) is 4.21. The van der Waals surface area contributed by atoms with E-state index >= 15 is 0 Å². The molecule has 1 aliphatic heterocycles. The molecular formula is C20H24N4O4. The summed E-state index contributed by atoms with van der Waals surface area (Å²) in [4.78, 5) is 45.1. The van der Waals surface area contributed by atoms with E-state index in [9.17, 15) is 14.4 Å². The zero-order valence-electron chi connectivity index (χ0n) is 16.1. The standard InChI is InChI=1S/C20H24N4O4/c1-20(2,18(26)22-14-15-5-3-7-21-13-15)19(27)24-10-8-23(9-11-24)17(25)16-6-4-12-28-16/h3-7,12-13H,8-11,14H2,1-2H3,(H,22,26). The Kier molecular flexibility index (Phi) is 5.77. The number of rotatable bonds is 5. The van der Waals surface area contributed by atoms with Crippen LogP contribution in [0.15, 0.2) is 47.3 Å². The maximum Gasteiger partial charge on any atom is 0.289 e. The van der Waals surface area contributed by atoms with Gasteiger partial charge >= 0.3 is 0 Å². The maximum absolute atomic E-state index is 12.9. The molecule has 0 spiro atoms. The highest BCUT2D eigenvalue weighted by Crippen LogP contribution is 2.21. The summed E-state index contributed by atoms with van der Waals surface area (Å²) < 4.78 is 5.14. The number of pyridine rings is 1. The van der Waals surface area contributed by atoms with Gasteiger partial charge in [0.25, 0.3) is 5.91 Å². The summed E-state index contributed by atoms with van der Waals surface area (Å²) in [6.07, 6.45) is 4.79. The Balaban J connectivity index is 1.54. The van der Waals surface area contributed by atoms with E-state index in [1.165, 1.54) is 6.26 Å². The lowest BCUT2D eigenvalue weighted by atomic mass is 9.90. The molecule has 3 heterocycles. The van der Waals surface area contributed by atoms with Gasteiger partial charge in [-0.3, -0.25) is 19.4 Å². The van der Waals surface area contributed by atoms with Crippen molar-refractivity contribution in [2.45, 2.75) is 20.4 Å². The van der Waals surface area contributed by atoms with Gasteiger partial charge < -0.3 is 19.5 Å². The molecule has 3 rings (SSSR count). The second kappa shape index (κ2) is 8.24. The Bertz CT molecular complexity index is 825. The van der Waals surface area contributed by atoms with Crippen molar-refractivity contribution in [3.8, 4) is 0 Å². The Labute approximate surface area is 163 Å². The van der Waals surface area contributed by atoms with Gasteiger partial charge in [0.2, 0.25) is 11.8 Å². The van der Waals surface area contributed by atoms with Crippen LogP contribution in [0.25, 0.3) is 0 Å². The Morgan fingerprint density at radius 2 is 1.82 bits per heavy atom. The van der Waals surface area contributed by atoms with E-state index in [0.717, 1.165) is 5.56 Å². The van der Waals surface area contributed by atoms with E-state index in [1.54, 1.807) is 54.2 Å². The minimum Gasteiger partial charge on any atom is -0.459 e. The number of hydrogen-bond donors (Lipinski definition) is 1. The summed E-state index contributed by atoms with van der Waals surface area (Å²) >= 11 is 0. The van der Waals surface area contributed by atoms with Gasteiger partial charge in [-0.15, -0.1) is 0 Å². The second-order valence-corrected chi connectivity index (χ2v) is 7.23. The van der Waals surface area contributed by atoms with Gasteiger partial charge in [0.15, 0.2) is 5.76 Å². The van der Waals surface area contributed by atoms with Crippen LogP contribution in [0.3, 0.4) is 0 Å². The molecule has 0 saturated carbocycles. The fourth-order valence-corrected chi connectivity index (χ4v) is 3.07. The van der Waals surface area contributed by atoms with Crippen molar-refractivity contribution < 1.29 is 18.8 Å². The van der Waals surface area contributed by atoms with E-state index in [-0.39, 0.29) is 23.5 Å². The lowest BCUT2D eigenvalue weighted by Crippen LogP contribution is -2.56. The number of furan rings is 1. The zero-order chi connectivity index (χ0) is 20.1. The number of nitrogens with one attached hydrogen (secondary N) is 1. The Morgan fingerprint density at radius 3 is 2.43 bits per heavy atom. The SMILES string of the molecule is CC(C)(C(=O)NCc1cccnc1)C(=O)N1CCN(C(=O)c2ccco2)CC1. The second-order valence-electron chi connectivity index (χ2n) is 7.23. The number of carbonyl (C=O) groups is 3. The van der Waals surface area contributed by atoms with Gasteiger partial charge in [0.05, 0.1) is 6.26 Å². The van der Waals surface area contributed by atoms with Crippen LogP contribution in [0, 0.1) is 5.41 Å². The highest BCUT2D eigenvalue weighted by Gasteiger charge is 2.40. The van der Waals surface area contributed by atoms with Crippen molar-refractivity contribution in [1.82, 2.24) is 20.1 Å². The lowest BCUT2D eigenvalue weighted by molar-refractivity contribution is -0.149. The fraction of sp³-hybridized carbons (Fsp3) is 0.400. The molecule has 8 nitrogen and oxygen atoms in total. The number of carbonyl (C=O) groups excluding carboxylic acids is 3. The fourth-order valence-electron chi connectivity index (χ4n) is 3.07. The monoisotopic (exact) mass is 384 g/mol. The van der Waals surface area contributed by atoms with Crippen LogP contribution in [-0.4, -0.2) is 58.7 Å². The molecule has 0 radical (unpaired) electrons. The molecule has 8 heteroatoms. The first-order valence-corrected chi connectivity index (χ1v) is 9.19. The summed E-state index contributed by atoms with van der Waals surface area (Å²) in [5.74, 6) is -0.489. The average Bonchev–Trinajstić information content (AvgIpc) is 3.26. The summed E-state index contributed by atoms with van der Waals surface area (Å²) in [6.45, 7) is 5.11. The average molecular weight is 384 g/mol. The van der Waals surface area contributed by atoms with Crippen molar-refractivity contribution in [2.24, 2.45) is 5.41 Å². The van der Waals surface area contributed by atoms with Gasteiger partial charge in [0, 0.05) is 45.1 Å². The van der Waals surface area contributed by atoms with Crippen LogP contribution < -0.4 is 5.32 Å². The minimum absolute atomic E-state index is 0.189. The van der Waals surface area contributed by atoms with Crippen LogP contribution in [0.4, 0.5) is 0 Å². The molecule has 0 unspecified atom stereocenters. The van der Waals surface area contributed by atoms with Crippen LogP contribution >= 0.6 is 0 Å². The molecule has 1 fully saturated rings. The molecule has 0 bridgehead atoms. The van der Waals surface area contributed by atoms with E-state index in [4.69, 9.17) is 4.42 Å². The predicted molar refractivity (Wildman–Crippen MR) is 101 cm³/mol. The van der Waals surface area contributed by atoms with Crippen LogP contribution in [-0.2, 0) is 16.1 Å². The minimum atomic E-state index is -1.20. The van der Waals surface area contributed by atoms with Gasteiger partial charge in [-0.1, -0.05) is 6.07 Å². The Morgan fingerprint density at radius 1 is 1.11 bits per heavy atom. The molecule has 148 valence electrons. The normalized spacial score (nSPS) is 14.6. The molecule has 0 aliphatic carbocycles. The number of amides is 3. The first-order valence-electron chi connectivity index (χ1n) is 9.19. The largest absolute Gasteiger partial charge is 0.459 e. The third-order valence-corrected chi connectivity index (χ3v) is 4.86. The molecule has 28 heavy (non-hydrogen) atoms. The molecule has 2 aromatic heterocycles. The lowest BCUT2D eigenvalue weighted by Gasteiger charge is -2.37. The first kappa shape index (κ1) is 19.6. The summed E-state index contributed by atoms with van der Waals surface area (Å²) in [5.41, 5.74) is -0.334. The van der Waals surface area contributed by atoms with Gasteiger partial charge in [0.1, 0.15) is 5.41 Å². The van der Waals surface area contributed by atoms with E-state index in [0.29, 0.717) is 32.7 Å². The highest BCUT2D eigenvalue weighted by atomic mass is 16.3. The molecule has 0 aromatic carbocycles. The van der Waals surface area contributed by atoms with E-state index < -0.39 is 5.41 Å². The molecule has 3 amide bonds. The van der Waals surface area contributed by atoms with E-state index in [2.05, 4.69) is 10.3 Å². The molecular weight excluding hydrogens is 360 g/mol. The van der Waals surface area contributed by atoms with Crippen molar-refractivity contribution in [1.29, 1.82) is 0 Å². The van der Waals surface area contributed by atoms with Gasteiger partial charge in [-0.05, 0) is 37.6 Å². The zero-order valence-corrected chi connectivity index (χ0v) is 16.1. The molecule has 1 N–H and O–H groups in total. The van der Waals surface area contributed by atoms with Crippen LogP contribution in [0.1, 0.15) is 30.0 Å².